The van der Waals surface area contributed by atoms with Gasteiger partial charge in [-0.3, -0.25) is 0 Å². The lowest BCUT2D eigenvalue weighted by molar-refractivity contribution is -0.142. The van der Waals surface area contributed by atoms with Crippen LogP contribution in [0.2, 0.25) is 0 Å². The average Bonchev–Trinajstić information content (AvgIpc) is 2.71. The standard InChI is InChI=1S/C12H14BrNO2/c13-9-5-1-2-6-10(9)14-12(11(15)16)7-3-4-8-12/h1-2,5-6,14H,3-4,7-8H2,(H,15,16). The van der Waals surface area contributed by atoms with Crippen LogP contribution in [-0.4, -0.2) is 16.6 Å². The van der Waals surface area contributed by atoms with Gasteiger partial charge in [-0.1, -0.05) is 25.0 Å². The Labute approximate surface area is 103 Å². The summed E-state index contributed by atoms with van der Waals surface area (Å²) < 4.78 is 0.905. The molecule has 4 heteroatoms. The number of benzene rings is 1. The monoisotopic (exact) mass is 283 g/mol. The quantitative estimate of drug-likeness (QED) is 0.895. The van der Waals surface area contributed by atoms with Crippen LogP contribution in [0.5, 0.6) is 0 Å². The number of nitrogens with one attached hydrogen (secondary N) is 1. The first kappa shape index (κ1) is 11.5. The highest BCUT2D eigenvalue weighted by molar-refractivity contribution is 9.10. The lowest BCUT2D eigenvalue weighted by Crippen LogP contribution is -2.43. The summed E-state index contributed by atoms with van der Waals surface area (Å²) >= 11 is 3.42. The van der Waals surface area contributed by atoms with Crippen molar-refractivity contribution in [2.24, 2.45) is 0 Å². The molecule has 16 heavy (non-hydrogen) atoms. The summed E-state index contributed by atoms with van der Waals surface area (Å²) in [5.74, 6) is -0.749. The molecule has 0 atom stereocenters. The minimum absolute atomic E-state index is 0.698. The van der Waals surface area contributed by atoms with Crippen LogP contribution in [-0.2, 0) is 4.79 Å². The van der Waals surface area contributed by atoms with Gasteiger partial charge in [-0.25, -0.2) is 4.79 Å². The zero-order chi connectivity index (χ0) is 11.6. The summed E-state index contributed by atoms with van der Waals surface area (Å²) in [6.45, 7) is 0. The van der Waals surface area contributed by atoms with Gasteiger partial charge in [-0.05, 0) is 40.9 Å². The fourth-order valence-corrected chi connectivity index (χ4v) is 2.58. The van der Waals surface area contributed by atoms with E-state index in [4.69, 9.17) is 0 Å². The molecular weight excluding hydrogens is 270 g/mol. The lowest BCUT2D eigenvalue weighted by Gasteiger charge is -2.27. The Bertz CT molecular complexity index is 400. The van der Waals surface area contributed by atoms with E-state index in [9.17, 15) is 9.90 Å². The second kappa shape index (κ2) is 4.45. The number of aliphatic carboxylic acids is 1. The van der Waals surface area contributed by atoms with Gasteiger partial charge in [0.05, 0.1) is 0 Å². The van der Waals surface area contributed by atoms with Gasteiger partial charge < -0.3 is 10.4 Å². The summed E-state index contributed by atoms with van der Waals surface area (Å²) in [4.78, 5) is 11.4. The topological polar surface area (TPSA) is 49.3 Å². The SMILES string of the molecule is O=C(O)C1(Nc2ccccc2Br)CCCC1. The minimum atomic E-state index is -0.774. The van der Waals surface area contributed by atoms with Gasteiger partial charge >= 0.3 is 5.97 Å². The van der Waals surface area contributed by atoms with Crippen LogP contribution in [0.4, 0.5) is 5.69 Å². The van der Waals surface area contributed by atoms with Gasteiger partial charge in [0, 0.05) is 10.2 Å². The van der Waals surface area contributed by atoms with E-state index in [1.165, 1.54) is 0 Å². The molecule has 0 unspecified atom stereocenters. The van der Waals surface area contributed by atoms with Crippen molar-refractivity contribution in [1.29, 1.82) is 0 Å². The molecular formula is C12H14BrNO2. The Morgan fingerprint density at radius 2 is 1.94 bits per heavy atom. The number of hydrogen-bond donors (Lipinski definition) is 2. The van der Waals surface area contributed by atoms with Crippen LogP contribution >= 0.6 is 15.9 Å². The lowest BCUT2D eigenvalue weighted by atomic mass is 9.97. The molecule has 0 bridgehead atoms. The molecule has 2 rings (SSSR count). The van der Waals surface area contributed by atoms with Crippen LogP contribution in [0, 0.1) is 0 Å². The summed E-state index contributed by atoms with van der Waals surface area (Å²) in [5, 5.41) is 12.5. The minimum Gasteiger partial charge on any atom is -0.480 e. The largest absolute Gasteiger partial charge is 0.480 e. The first-order chi connectivity index (χ1) is 7.64. The van der Waals surface area contributed by atoms with Crippen molar-refractivity contribution in [1.82, 2.24) is 0 Å². The van der Waals surface area contributed by atoms with E-state index in [0.29, 0.717) is 12.8 Å². The summed E-state index contributed by atoms with van der Waals surface area (Å²) in [5.41, 5.74) is 0.0796. The third-order valence-electron chi connectivity index (χ3n) is 3.11. The maximum Gasteiger partial charge on any atom is 0.329 e. The maximum absolute atomic E-state index is 11.4. The second-order valence-electron chi connectivity index (χ2n) is 4.20. The van der Waals surface area contributed by atoms with Crippen molar-refractivity contribution < 1.29 is 9.90 Å². The van der Waals surface area contributed by atoms with Crippen LogP contribution in [0.15, 0.2) is 28.7 Å². The smallest absolute Gasteiger partial charge is 0.329 e. The van der Waals surface area contributed by atoms with E-state index >= 15 is 0 Å². The van der Waals surface area contributed by atoms with E-state index in [2.05, 4.69) is 21.2 Å². The van der Waals surface area contributed by atoms with Gasteiger partial charge in [0.2, 0.25) is 0 Å². The molecule has 0 radical (unpaired) electrons. The number of anilines is 1. The summed E-state index contributed by atoms with van der Waals surface area (Å²) in [6, 6.07) is 7.62. The van der Waals surface area contributed by atoms with Gasteiger partial charge in [0.15, 0.2) is 0 Å². The molecule has 1 aliphatic rings. The number of rotatable bonds is 3. The molecule has 0 amide bonds. The molecule has 86 valence electrons. The van der Waals surface area contributed by atoms with Gasteiger partial charge in [-0.15, -0.1) is 0 Å². The predicted octanol–water partition coefficient (Wildman–Crippen LogP) is 3.26. The highest BCUT2D eigenvalue weighted by Crippen LogP contribution is 2.35. The van der Waals surface area contributed by atoms with Crippen molar-refractivity contribution in [2.75, 3.05) is 5.32 Å². The molecule has 1 aromatic rings. The normalized spacial score (nSPS) is 18.3. The average molecular weight is 284 g/mol. The summed E-state index contributed by atoms with van der Waals surface area (Å²) in [6.07, 6.45) is 3.35. The number of carboxylic acids is 1. The van der Waals surface area contributed by atoms with Crippen molar-refractivity contribution in [2.45, 2.75) is 31.2 Å². The van der Waals surface area contributed by atoms with Crippen molar-refractivity contribution >= 4 is 27.6 Å². The molecule has 0 saturated heterocycles. The zero-order valence-corrected chi connectivity index (χ0v) is 10.5. The highest BCUT2D eigenvalue weighted by Gasteiger charge is 2.41. The van der Waals surface area contributed by atoms with E-state index in [1.54, 1.807) is 0 Å². The number of carbonyl (C=O) groups is 1. The number of para-hydroxylation sites is 1. The van der Waals surface area contributed by atoms with Crippen LogP contribution in [0.1, 0.15) is 25.7 Å². The second-order valence-corrected chi connectivity index (χ2v) is 5.05. The molecule has 0 aliphatic heterocycles. The van der Waals surface area contributed by atoms with Gasteiger partial charge in [0.1, 0.15) is 5.54 Å². The highest BCUT2D eigenvalue weighted by atomic mass is 79.9. The first-order valence-electron chi connectivity index (χ1n) is 5.40. The molecule has 3 nitrogen and oxygen atoms in total. The fourth-order valence-electron chi connectivity index (χ4n) is 2.19. The molecule has 1 fully saturated rings. The molecule has 1 aromatic carbocycles. The van der Waals surface area contributed by atoms with Gasteiger partial charge in [-0.2, -0.15) is 0 Å². The third kappa shape index (κ3) is 2.07. The first-order valence-corrected chi connectivity index (χ1v) is 6.19. The van der Waals surface area contributed by atoms with E-state index in [0.717, 1.165) is 23.0 Å². The van der Waals surface area contributed by atoms with Gasteiger partial charge in [0.25, 0.3) is 0 Å². The number of halogens is 1. The molecule has 1 saturated carbocycles. The van der Waals surface area contributed by atoms with Crippen LogP contribution in [0.3, 0.4) is 0 Å². The third-order valence-corrected chi connectivity index (χ3v) is 3.81. The molecule has 2 N–H and O–H groups in total. The molecule has 0 heterocycles. The Balaban J connectivity index is 2.25. The Hall–Kier alpha value is -1.03. The van der Waals surface area contributed by atoms with E-state index in [1.807, 2.05) is 24.3 Å². The molecule has 0 aromatic heterocycles. The number of hydrogen-bond acceptors (Lipinski definition) is 2. The zero-order valence-electron chi connectivity index (χ0n) is 8.87. The Morgan fingerprint density at radius 1 is 1.31 bits per heavy atom. The van der Waals surface area contributed by atoms with Crippen molar-refractivity contribution in [3.63, 3.8) is 0 Å². The number of carboxylic acid groups (broad SMARTS) is 1. The maximum atomic E-state index is 11.4. The Morgan fingerprint density at radius 3 is 2.50 bits per heavy atom. The van der Waals surface area contributed by atoms with E-state index < -0.39 is 11.5 Å². The molecule has 0 spiro atoms. The van der Waals surface area contributed by atoms with Crippen LogP contribution < -0.4 is 5.32 Å². The van der Waals surface area contributed by atoms with Crippen molar-refractivity contribution in [3.8, 4) is 0 Å². The summed E-state index contributed by atoms with van der Waals surface area (Å²) in [7, 11) is 0. The van der Waals surface area contributed by atoms with Crippen molar-refractivity contribution in [3.05, 3.63) is 28.7 Å². The molecule has 1 aliphatic carbocycles. The van der Waals surface area contributed by atoms with Crippen LogP contribution in [0.25, 0.3) is 0 Å². The Kier molecular flexibility index (Phi) is 3.19. The predicted molar refractivity (Wildman–Crippen MR) is 66.6 cm³/mol. The fraction of sp³-hybridized carbons (Fsp3) is 0.417. The van der Waals surface area contributed by atoms with E-state index in [-0.39, 0.29) is 0 Å².